The molecule has 0 amide bonds. The van der Waals surface area contributed by atoms with Crippen LogP contribution in [0.15, 0.2) is 44.1 Å². The van der Waals surface area contributed by atoms with Gasteiger partial charge in [0.1, 0.15) is 17.7 Å². The van der Waals surface area contributed by atoms with Crippen molar-refractivity contribution in [1.82, 2.24) is 18.5 Å². The van der Waals surface area contributed by atoms with Crippen LogP contribution in [0.25, 0.3) is 16.8 Å². The highest BCUT2D eigenvalue weighted by Gasteiger charge is 2.31. The van der Waals surface area contributed by atoms with E-state index in [1.807, 2.05) is 22.7 Å². The van der Waals surface area contributed by atoms with Crippen LogP contribution < -0.4 is 11.2 Å². The number of pyridine rings is 1. The molecule has 180 valence electrons. The molecule has 10 nitrogen and oxygen atoms in total. The Balaban J connectivity index is 1.81. The van der Waals surface area contributed by atoms with Crippen LogP contribution >= 0.6 is 0 Å². The van der Waals surface area contributed by atoms with E-state index in [-0.39, 0.29) is 29.3 Å². The number of imidazole rings is 1. The first-order chi connectivity index (χ1) is 16.2. The normalized spacial score (nSPS) is 18.2. The molecule has 0 saturated heterocycles. The van der Waals surface area contributed by atoms with Crippen LogP contribution in [-0.2, 0) is 30.0 Å². The van der Waals surface area contributed by atoms with Crippen molar-refractivity contribution in [3.8, 4) is 11.1 Å². The second kappa shape index (κ2) is 8.92. The molecule has 0 N–H and O–H groups in total. The van der Waals surface area contributed by atoms with Crippen molar-refractivity contribution in [2.45, 2.75) is 39.3 Å². The molecule has 0 aliphatic carbocycles. The van der Waals surface area contributed by atoms with Crippen molar-refractivity contribution in [2.75, 3.05) is 14.2 Å². The summed E-state index contributed by atoms with van der Waals surface area (Å²) >= 11 is 0. The number of hydrogen-bond acceptors (Lipinski definition) is 7. The molecular formula is C24H30N6O4. The Hall–Kier alpha value is -3.69. The predicted octanol–water partition coefficient (Wildman–Crippen LogP) is 1.75. The van der Waals surface area contributed by atoms with E-state index in [1.165, 1.54) is 11.6 Å². The molecule has 0 bridgehead atoms. The molecule has 4 rings (SSSR count). The minimum absolute atomic E-state index is 0.184. The first-order valence-electron chi connectivity index (χ1n) is 11.1. The van der Waals surface area contributed by atoms with E-state index >= 15 is 0 Å². The summed E-state index contributed by atoms with van der Waals surface area (Å²) in [7, 11) is 6.35. The highest BCUT2D eigenvalue weighted by molar-refractivity contribution is 5.94. The molecular weight excluding hydrogens is 436 g/mol. The van der Waals surface area contributed by atoms with Gasteiger partial charge in [-0.05, 0) is 25.0 Å². The molecule has 3 aromatic rings. The predicted molar refractivity (Wildman–Crippen MR) is 131 cm³/mol. The van der Waals surface area contributed by atoms with Crippen LogP contribution in [0.3, 0.4) is 0 Å². The Morgan fingerprint density at radius 3 is 2.38 bits per heavy atom. The van der Waals surface area contributed by atoms with Crippen LogP contribution in [0.4, 0.5) is 0 Å². The summed E-state index contributed by atoms with van der Waals surface area (Å²) in [5, 5.41) is 0. The third kappa shape index (κ3) is 3.72. The zero-order valence-electron chi connectivity index (χ0n) is 20.6. The van der Waals surface area contributed by atoms with E-state index in [4.69, 9.17) is 19.5 Å². The number of aliphatic imine (C=N–C) groups is 2. The molecule has 0 fully saturated rings. The molecule has 4 heterocycles. The maximum Gasteiger partial charge on any atom is 0.330 e. The smallest absolute Gasteiger partial charge is 0.330 e. The fourth-order valence-corrected chi connectivity index (χ4v) is 4.38. The van der Waals surface area contributed by atoms with Crippen LogP contribution in [0.5, 0.6) is 0 Å². The van der Waals surface area contributed by atoms with Gasteiger partial charge in [0.15, 0.2) is 0 Å². The van der Waals surface area contributed by atoms with Crippen molar-refractivity contribution < 1.29 is 9.47 Å². The summed E-state index contributed by atoms with van der Waals surface area (Å²) in [5.74, 6) is 1.36. The van der Waals surface area contributed by atoms with E-state index in [0.717, 1.165) is 10.3 Å². The Labute approximate surface area is 197 Å². The van der Waals surface area contributed by atoms with Crippen molar-refractivity contribution in [2.24, 2.45) is 30.0 Å². The lowest BCUT2D eigenvalue weighted by Crippen LogP contribution is -2.39. The molecule has 2 atom stereocenters. The number of nitrogens with zero attached hydrogens (tertiary/aromatic N) is 6. The van der Waals surface area contributed by atoms with E-state index in [9.17, 15) is 9.59 Å². The Kier molecular flexibility index (Phi) is 6.16. The second-order valence-electron chi connectivity index (χ2n) is 8.78. The lowest BCUT2D eigenvalue weighted by atomic mass is 10.0. The topological polar surface area (TPSA) is 104 Å². The maximum atomic E-state index is 13.0. The Morgan fingerprint density at radius 1 is 1.03 bits per heavy atom. The average molecular weight is 467 g/mol. The first kappa shape index (κ1) is 23.5. The molecule has 0 radical (unpaired) electrons. The first-order valence-corrected chi connectivity index (χ1v) is 11.1. The minimum Gasteiger partial charge on any atom is -0.483 e. The largest absolute Gasteiger partial charge is 0.483 e. The standard InChI is InChI=1S/C24H30N6O4/c1-13(2)19-22(34-7)26-17(21(27-19)33-6)12-15-8-9-16(20-25-10-11-30(15)20)18-14(3)28(4)24(32)29(5)23(18)31/h8-11,13,17,19H,12H2,1-7H3. The number of ether oxygens (including phenoxy) is 2. The maximum absolute atomic E-state index is 13.0. The summed E-state index contributed by atoms with van der Waals surface area (Å²) < 4.78 is 15.6. The minimum atomic E-state index is -0.363. The van der Waals surface area contributed by atoms with Crippen LogP contribution in [0.2, 0.25) is 0 Å². The van der Waals surface area contributed by atoms with E-state index < -0.39 is 0 Å². The van der Waals surface area contributed by atoms with Gasteiger partial charge in [-0.15, -0.1) is 0 Å². The Bertz CT molecular complexity index is 1430. The van der Waals surface area contributed by atoms with Gasteiger partial charge in [-0.3, -0.25) is 9.36 Å². The Morgan fingerprint density at radius 2 is 1.74 bits per heavy atom. The van der Waals surface area contributed by atoms with Crippen molar-refractivity contribution in [3.05, 3.63) is 56.8 Å². The number of rotatable bonds is 4. The van der Waals surface area contributed by atoms with Gasteiger partial charge < -0.3 is 18.4 Å². The SMILES string of the molecule is COC1=NC(C(C)C)C(OC)=NC1Cc1ccc(-c2c(C)n(C)c(=O)n(C)c2=O)c2nccn12. The highest BCUT2D eigenvalue weighted by Crippen LogP contribution is 2.26. The quantitative estimate of drug-likeness (QED) is 0.583. The molecule has 0 aromatic carbocycles. The molecule has 1 aliphatic heterocycles. The zero-order chi connectivity index (χ0) is 24.7. The fourth-order valence-electron chi connectivity index (χ4n) is 4.38. The molecule has 1 aliphatic rings. The summed E-state index contributed by atoms with van der Waals surface area (Å²) in [6, 6.07) is 3.28. The van der Waals surface area contributed by atoms with Gasteiger partial charge in [0, 0.05) is 49.9 Å². The number of methoxy groups -OCH3 is 2. The summed E-state index contributed by atoms with van der Waals surface area (Å²) in [6.07, 6.45) is 4.04. The van der Waals surface area contributed by atoms with Gasteiger partial charge >= 0.3 is 5.69 Å². The summed E-state index contributed by atoms with van der Waals surface area (Å²) in [5.41, 5.74) is 2.52. The molecule has 0 spiro atoms. The van der Waals surface area contributed by atoms with Crippen LogP contribution in [0.1, 0.15) is 25.2 Å². The second-order valence-corrected chi connectivity index (χ2v) is 8.78. The van der Waals surface area contributed by atoms with E-state index in [0.29, 0.717) is 40.7 Å². The molecule has 34 heavy (non-hydrogen) atoms. The number of aromatic nitrogens is 4. The molecule has 3 aromatic heterocycles. The van der Waals surface area contributed by atoms with Crippen LogP contribution in [0, 0.1) is 12.8 Å². The molecule has 0 saturated carbocycles. The van der Waals surface area contributed by atoms with Crippen molar-refractivity contribution in [1.29, 1.82) is 0 Å². The van der Waals surface area contributed by atoms with Gasteiger partial charge in [0.25, 0.3) is 5.56 Å². The monoisotopic (exact) mass is 466 g/mol. The highest BCUT2D eigenvalue weighted by atomic mass is 16.5. The third-order valence-electron chi connectivity index (χ3n) is 6.40. The van der Waals surface area contributed by atoms with E-state index in [2.05, 4.69) is 18.8 Å². The number of hydrogen-bond donors (Lipinski definition) is 0. The summed E-state index contributed by atoms with van der Waals surface area (Å²) in [6.45, 7) is 5.90. The number of fused-ring (bicyclic) bond motifs is 1. The fraction of sp³-hybridized carbons (Fsp3) is 0.458. The van der Waals surface area contributed by atoms with Crippen LogP contribution in [-0.4, -0.2) is 56.6 Å². The van der Waals surface area contributed by atoms with Gasteiger partial charge in [-0.2, -0.15) is 0 Å². The van der Waals surface area contributed by atoms with E-state index in [1.54, 1.807) is 34.4 Å². The van der Waals surface area contributed by atoms with Crippen molar-refractivity contribution >= 4 is 17.4 Å². The van der Waals surface area contributed by atoms with Gasteiger partial charge in [0.2, 0.25) is 11.8 Å². The molecule has 10 heteroatoms. The third-order valence-corrected chi connectivity index (χ3v) is 6.40. The van der Waals surface area contributed by atoms with Gasteiger partial charge in [-0.1, -0.05) is 13.8 Å². The zero-order valence-corrected chi connectivity index (χ0v) is 20.6. The van der Waals surface area contributed by atoms with Crippen molar-refractivity contribution in [3.63, 3.8) is 0 Å². The molecule has 2 unspecified atom stereocenters. The van der Waals surface area contributed by atoms with Gasteiger partial charge in [-0.25, -0.2) is 19.8 Å². The average Bonchev–Trinajstić information content (AvgIpc) is 3.33. The van der Waals surface area contributed by atoms with Gasteiger partial charge in [0.05, 0.1) is 19.8 Å². The summed E-state index contributed by atoms with van der Waals surface area (Å²) in [4.78, 5) is 39.4. The lowest BCUT2D eigenvalue weighted by Gasteiger charge is -2.27. The lowest BCUT2D eigenvalue weighted by molar-refractivity contribution is 0.332.